The third-order valence-corrected chi connectivity index (χ3v) is 6.33. The van der Waals surface area contributed by atoms with Gasteiger partial charge in [-0.15, -0.1) is 0 Å². The maximum Gasteiger partial charge on any atom is 0.274 e. The molecule has 4 rings (SSSR count). The minimum atomic E-state index is -0.286. The number of carbonyl (C=O) groups excluding carboxylic acids is 1. The predicted molar refractivity (Wildman–Crippen MR) is 126 cm³/mol. The minimum Gasteiger partial charge on any atom is -0.381 e. The Balaban J connectivity index is 1.67. The maximum absolute atomic E-state index is 13.3. The van der Waals surface area contributed by atoms with E-state index in [-0.39, 0.29) is 28.5 Å². The predicted octanol–water partition coefficient (Wildman–Crippen LogP) is 4.18. The van der Waals surface area contributed by atoms with Gasteiger partial charge in [0.15, 0.2) is 5.69 Å². The fraction of sp³-hybridized carbons (Fsp3) is 0.400. The highest BCUT2D eigenvalue weighted by Gasteiger charge is 2.35. The Hall–Kier alpha value is -2.70. The molecule has 0 unspecified atom stereocenters. The Bertz CT molecular complexity index is 1180. The highest BCUT2D eigenvalue weighted by Crippen LogP contribution is 2.35. The van der Waals surface area contributed by atoms with Gasteiger partial charge in [0.2, 0.25) is 0 Å². The normalized spacial score (nSPS) is 15.8. The zero-order chi connectivity index (χ0) is 22.7. The number of nitrogens with one attached hydrogen (secondary N) is 1. The highest BCUT2D eigenvalue weighted by atomic mass is 35.5. The van der Waals surface area contributed by atoms with E-state index in [0.717, 1.165) is 18.4 Å². The van der Waals surface area contributed by atoms with Gasteiger partial charge in [-0.1, -0.05) is 55.8 Å². The smallest absolute Gasteiger partial charge is 0.274 e. The van der Waals surface area contributed by atoms with E-state index in [4.69, 9.17) is 16.3 Å². The summed E-state index contributed by atoms with van der Waals surface area (Å²) in [7, 11) is 0. The molecule has 0 spiro atoms. The van der Waals surface area contributed by atoms with Crippen molar-refractivity contribution >= 4 is 28.3 Å². The molecular formula is C25H28ClN3O3. The lowest BCUT2D eigenvalue weighted by molar-refractivity contribution is 0.0486. The average molecular weight is 454 g/mol. The summed E-state index contributed by atoms with van der Waals surface area (Å²) >= 11 is 6.26. The number of ether oxygens (including phenoxy) is 1. The molecule has 0 saturated carbocycles. The Morgan fingerprint density at radius 3 is 2.56 bits per heavy atom. The van der Waals surface area contributed by atoms with E-state index in [1.54, 1.807) is 18.2 Å². The quantitative estimate of drug-likeness (QED) is 0.607. The van der Waals surface area contributed by atoms with E-state index in [9.17, 15) is 9.59 Å². The summed E-state index contributed by atoms with van der Waals surface area (Å²) in [5, 5.41) is 9.31. The summed E-state index contributed by atoms with van der Waals surface area (Å²) in [6, 6.07) is 15.0. The van der Waals surface area contributed by atoms with Gasteiger partial charge in [-0.2, -0.15) is 5.10 Å². The van der Waals surface area contributed by atoms with Gasteiger partial charge in [-0.05, 0) is 42.5 Å². The van der Waals surface area contributed by atoms with E-state index in [1.807, 2.05) is 38.1 Å². The second-order valence-corrected chi connectivity index (χ2v) is 9.30. The van der Waals surface area contributed by atoms with Crippen molar-refractivity contribution in [1.29, 1.82) is 0 Å². The van der Waals surface area contributed by atoms with Crippen LogP contribution in [0.3, 0.4) is 0 Å². The van der Waals surface area contributed by atoms with Crippen LogP contribution in [-0.4, -0.2) is 35.4 Å². The van der Waals surface area contributed by atoms with Crippen LogP contribution in [0.25, 0.3) is 10.8 Å². The molecule has 1 N–H and O–H groups in total. The van der Waals surface area contributed by atoms with Crippen LogP contribution in [-0.2, 0) is 16.7 Å². The second-order valence-electron chi connectivity index (χ2n) is 8.86. The van der Waals surface area contributed by atoms with Crippen LogP contribution >= 0.6 is 11.6 Å². The zero-order valence-corrected chi connectivity index (χ0v) is 19.2. The molecule has 168 valence electrons. The maximum atomic E-state index is 13.3. The first kappa shape index (κ1) is 22.5. The summed E-state index contributed by atoms with van der Waals surface area (Å²) in [4.78, 5) is 26.2. The number of rotatable bonds is 6. The van der Waals surface area contributed by atoms with Gasteiger partial charge in [0.1, 0.15) is 0 Å². The number of halogens is 1. The topological polar surface area (TPSA) is 73.2 Å². The molecule has 1 aliphatic heterocycles. The average Bonchev–Trinajstić information content (AvgIpc) is 2.80. The van der Waals surface area contributed by atoms with Crippen molar-refractivity contribution in [1.82, 2.24) is 15.1 Å². The van der Waals surface area contributed by atoms with Crippen molar-refractivity contribution in [2.24, 2.45) is 5.92 Å². The van der Waals surface area contributed by atoms with Gasteiger partial charge in [0.05, 0.1) is 5.39 Å². The summed E-state index contributed by atoms with van der Waals surface area (Å²) in [5.41, 5.74) is 0.928. The molecule has 6 nitrogen and oxygen atoms in total. The van der Waals surface area contributed by atoms with Crippen molar-refractivity contribution < 1.29 is 9.53 Å². The number of hydrogen-bond acceptors (Lipinski definition) is 4. The highest BCUT2D eigenvalue weighted by molar-refractivity contribution is 6.30. The van der Waals surface area contributed by atoms with Gasteiger partial charge in [0, 0.05) is 42.1 Å². The molecule has 1 aromatic heterocycles. The van der Waals surface area contributed by atoms with Gasteiger partial charge < -0.3 is 10.1 Å². The Kier molecular flexibility index (Phi) is 6.63. The molecule has 0 radical (unpaired) electrons. The molecule has 1 aliphatic rings. The van der Waals surface area contributed by atoms with E-state index in [1.165, 1.54) is 4.68 Å². The van der Waals surface area contributed by atoms with Gasteiger partial charge in [-0.3, -0.25) is 9.59 Å². The molecule has 32 heavy (non-hydrogen) atoms. The lowest BCUT2D eigenvalue weighted by Gasteiger charge is -2.38. The monoisotopic (exact) mass is 453 g/mol. The minimum absolute atomic E-state index is 0.175. The largest absolute Gasteiger partial charge is 0.381 e. The van der Waals surface area contributed by atoms with Crippen molar-refractivity contribution in [3.05, 3.63) is 75.2 Å². The van der Waals surface area contributed by atoms with Crippen LogP contribution in [0.2, 0.25) is 5.02 Å². The lowest BCUT2D eigenvalue weighted by atomic mass is 9.74. The number of benzene rings is 2. The third-order valence-electron chi connectivity index (χ3n) is 6.10. The van der Waals surface area contributed by atoms with E-state index in [2.05, 4.69) is 16.5 Å². The van der Waals surface area contributed by atoms with Crippen molar-refractivity contribution in [3.8, 4) is 0 Å². The van der Waals surface area contributed by atoms with Crippen LogP contribution in [0.1, 0.15) is 42.7 Å². The molecule has 2 aromatic carbocycles. The standard InChI is InChI=1S/C25H28ClN3O3/c1-17(2)15-29-24(31)21-9-4-3-8-20(21)22(28-29)23(30)27-16-25(10-12-32-13-11-25)18-6-5-7-19(26)14-18/h3-9,14,17H,10-13,15-16H2,1-2H3,(H,27,30). The third kappa shape index (κ3) is 4.57. The van der Waals surface area contributed by atoms with Crippen LogP contribution < -0.4 is 10.9 Å². The van der Waals surface area contributed by atoms with Crippen LogP contribution in [0.4, 0.5) is 0 Å². The number of nitrogens with zero attached hydrogens (tertiary/aromatic N) is 2. The summed E-state index contributed by atoms with van der Waals surface area (Å²) in [5.74, 6) is -0.0581. The van der Waals surface area contributed by atoms with Crippen molar-refractivity contribution in [2.45, 2.75) is 38.6 Å². The summed E-state index contributed by atoms with van der Waals surface area (Å²) in [6.45, 7) is 6.18. The molecular weight excluding hydrogens is 426 g/mol. The number of hydrogen-bond donors (Lipinski definition) is 1. The first-order valence-corrected chi connectivity index (χ1v) is 11.4. The van der Waals surface area contributed by atoms with Crippen LogP contribution in [0.15, 0.2) is 53.3 Å². The molecule has 0 aliphatic carbocycles. The Morgan fingerprint density at radius 2 is 1.88 bits per heavy atom. The molecule has 1 saturated heterocycles. The number of fused-ring (bicyclic) bond motifs is 1. The fourth-order valence-electron chi connectivity index (χ4n) is 4.35. The summed E-state index contributed by atoms with van der Waals surface area (Å²) in [6.07, 6.45) is 1.57. The van der Waals surface area contributed by atoms with Crippen LogP contribution in [0, 0.1) is 5.92 Å². The first-order chi connectivity index (χ1) is 15.4. The molecule has 2 heterocycles. The second kappa shape index (κ2) is 9.43. The molecule has 7 heteroatoms. The van der Waals surface area contributed by atoms with Gasteiger partial charge in [-0.25, -0.2) is 4.68 Å². The molecule has 1 amide bonds. The van der Waals surface area contributed by atoms with E-state index >= 15 is 0 Å². The molecule has 3 aromatic rings. The van der Waals surface area contributed by atoms with Crippen molar-refractivity contribution in [3.63, 3.8) is 0 Å². The molecule has 0 bridgehead atoms. The van der Waals surface area contributed by atoms with Gasteiger partial charge in [0.25, 0.3) is 11.5 Å². The number of aromatic nitrogens is 2. The first-order valence-electron chi connectivity index (χ1n) is 11.0. The Labute approximate surface area is 192 Å². The van der Waals surface area contributed by atoms with E-state index in [0.29, 0.717) is 42.1 Å². The molecule has 1 fully saturated rings. The zero-order valence-electron chi connectivity index (χ0n) is 18.4. The van der Waals surface area contributed by atoms with Crippen LogP contribution in [0.5, 0.6) is 0 Å². The lowest BCUT2D eigenvalue weighted by Crippen LogP contribution is -2.45. The van der Waals surface area contributed by atoms with Crippen molar-refractivity contribution in [2.75, 3.05) is 19.8 Å². The number of carbonyl (C=O) groups is 1. The molecule has 0 atom stereocenters. The fourth-order valence-corrected chi connectivity index (χ4v) is 4.54. The van der Waals surface area contributed by atoms with E-state index < -0.39 is 0 Å². The SMILES string of the molecule is CC(C)Cn1nc(C(=O)NCC2(c3cccc(Cl)c3)CCOCC2)c2ccccc2c1=O. The Morgan fingerprint density at radius 1 is 1.16 bits per heavy atom. The summed E-state index contributed by atoms with van der Waals surface area (Å²) < 4.78 is 7.00. The van der Waals surface area contributed by atoms with Gasteiger partial charge >= 0.3 is 0 Å². The number of amides is 1.